The second-order valence-electron chi connectivity index (χ2n) is 5.23. The Hall–Kier alpha value is -1.55. The summed E-state index contributed by atoms with van der Waals surface area (Å²) in [5.41, 5.74) is 4.02. The largest absolute Gasteiger partial charge is 0.508 e. The molecule has 1 aromatic carbocycles. The summed E-state index contributed by atoms with van der Waals surface area (Å²) in [6.07, 6.45) is 2.97. The monoisotopic (exact) mass is 232 g/mol. The van der Waals surface area contributed by atoms with Crippen molar-refractivity contribution in [3.05, 3.63) is 24.3 Å². The fourth-order valence-corrected chi connectivity index (χ4v) is 2.52. The lowest BCUT2D eigenvalue weighted by molar-refractivity contribution is -0.117. The molecule has 0 bridgehead atoms. The van der Waals surface area contributed by atoms with Gasteiger partial charge in [-0.2, -0.15) is 0 Å². The maximum atomic E-state index is 12.0. The number of rotatable bonds is 2. The summed E-state index contributed by atoms with van der Waals surface area (Å²) in [6.45, 7) is 2.11. The molecule has 2 aliphatic rings. The lowest BCUT2D eigenvalue weighted by atomic mass is 9.94. The van der Waals surface area contributed by atoms with Gasteiger partial charge in [-0.3, -0.25) is 4.79 Å². The summed E-state index contributed by atoms with van der Waals surface area (Å²) < 4.78 is 0. The van der Waals surface area contributed by atoms with Crippen LogP contribution in [0.25, 0.3) is 0 Å². The molecule has 2 N–H and O–H groups in total. The van der Waals surface area contributed by atoms with Gasteiger partial charge in [0, 0.05) is 12.0 Å². The van der Waals surface area contributed by atoms with Gasteiger partial charge in [0.05, 0.1) is 5.69 Å². The van der Waals surface area contributed by atoms with E-state index in [-0.39, 0.29) is 17.2 Å². The van der Waals surface area contributed by atoms with Crippen LogP contribution in [0.4, 0.5) is 5.69 Å². The van der Waals surface area contributed by atoms with Crippen LogP contribution in [-0.4, -0.2) is 16.6 Å². The Morgan fingerprint density at radius 2 is 2.00 bits per heavy atom. The summed E-state index contributed by atoms with van der Waals surface area (Å²) in [6, 6.07) is 6.69. The molecule has 0 aromatic heterocycles. The Balaban J connectivity index is 1.84. The minimum absolute atomic E-state index is 0.0883. The van der Waals surface area contributed by atoms with Crippen LogP contribution in [-0.2, 0) is 4.79 Å². The molecular formula is C13H16N2O2. The molecule has 1 saturated carbocycles. The molecule has 1 atom stereocenters. The average molecular weight is 232 g/mol. The number of phenolic OH excluding ortho intramolecular Hbond substituents is 1. The van der Waals surface area contributed by atoms with Crippen molar-refractivity contribution in [1.82, 2.24) is 5.43 Å². The molecule has 0 spiro atoms. The number of hydrogen-bond acceptors (Lipinski definition) is 3. The molecule has 4 nitrogen and oxygen atoms in total. The molecule has 3 rings (SSSR count). The molecule has 17 heavy (non-hydrogen) atoms. The lowest BCUT2D eigenvalue weighted by Gasteiger charge is -2.25. The summed E-state index contributed by atoms with van der Waals surface area (Å²) >= 11 is 0. The molecule has 4 heteroatoms. The predicted octanol–water partition coefficient (Wildman–Crippen LogP) is 1.80. The van der Waals surface area contributed by atoms with E-state index in [0.29, 0.717) is 12.3 Å². The van der Waals surface area contributed by atoms with Crippen molar-refractivity contribution in [3.8, 4) is 5.75 Å². The molecule has 1 saturated heterocycles. The Labute approximate surface area is 100 Å². The van der Waals surface area contributed by atoms with E-state index in [0.717, 1.165) is 5.69 Å². The lowest BCUT2D eigenvalue weighted by Crippen LogP contribution is -2.45. The molecular weight excluding hydrogens is 216 g/mol. The van der Waals surface area contributed by atoms with Crippen molar-refractivity contribution in [2.45, 2.75) is 31.7 Å². The van der Waals surface area contributed by atoms with Gasteiger partial charge in [0.2, 0.25) is 5.91 Å². The van der Waals surface area contributed by atoms with Crippen LogP contribution in [0.5, 0.6) is 5.75 Å². The highest BCUT2D eigenvalue weighted by Crippen LogP contribution is 2.44. The van der Waals surface area contributed by atoms with Crippen LogP contribution >= 0.6 is 0 Å². The molecule has 1 aliphatic carbocycles. The minimum atomic E-state index is -0.0883. The topological polar surface area (TPSA) is 52.6 Å². The van der Waals surface area contributed by atoms with Crippen LogP contribution in [0.1, 0.15) is 26.2 Å². The third-order valence-electron chi connectivity index (χ3n) is 3.72. The SMILES string of the molecule is CC1(C2CC2)CC(=O)N(c2ccc(O)cc2)N1. The Bertz CT molecular complexity index is 453. The number of carbonyl (C=O) groups is 1. The second kappa shape index (κ2) is 3.47. The van der Waals surface area contributed by atoms with E-state index >= 15 is 0 Å². The van der Waals surface area contributed by atoms with E-state index in [1.807, 2.05) is 0 Å². The van der Waals surface area contributed by atoms with Crippen LogP contribution in [0, 0.1) is 5.92 Å². The number of hydrazine groups is 1. The van der Waals surface area contributed by atoms with Gasteiger partial charge in [0.15, 0.2) is 0 Å². The normalized spacial score (nSPS) is 28.8. The molecule has 90 valence electrons. The van der Waals surface area contributed by atoms with Crippen LogP contribution in [0.15, 0.2) is 24.3 Å². The highest BCUT2D eigenvalue weighted by molar-refractivity contribution is 5.95. The Morgan fingerprint density at radius 3 is 2.59 bits per heavy atom. The maximum Gasteiger partial charge on any atom is 0.243 e. The number of amides is 1. The van der Waals surface area contributed by atoms with Crippen molar-refractivity contribution in [2.75, 3.05) is 5.01 Å². The highest BCUT2D eigenvalue weighted by Gasteiger charge is 2.49. The summed E-state index contributed by atoms with van der Waals surface area (Å²) in [5.74, 6) is 0.934. The smallest absolute Gasteiger partial charge is 0.243 e. The van der Waals surface area contributed by atoms with Gasteiger partial charge in [0.1, 0.15) is 5.75 Å². The van der Waals surface area contributed by atoms with Crippen molar-refractivity contribution in [3.63, 3.8) is 0 Å². The third kappa shape index (κ3) is 1.78. The third-order valence-corrected chi connectivity index (χ3v) is 3.72. The van der Waals surface area contributed by atoms with Gasteiger partial charge in [0.25, 0.3) is 0 Å². The Morgan fingerprint density at radius 1 is 1.35 bits per heavy atom. The zero-order chi connectivity index (χ0) is 12.0. The maximum absolute atomic E-state index is 12.0. The number of aromatic hydroxyl groups is 1. The van der Waals surface area contributed by atoms with Crippen LogP contribution < -0.4 is 10.4 Å². The Kier molecular flexibility index (Phi) is 2.16. The van der Waals surface area contributed by atoms with Crippen molar-refractivity contribution >= 4 is 11.6 Å². The van der Waals surface area contributed by atoms with E-state index in [2.05, 4.69) is 12.3 Å². The van der Waals surface area contributed by atoms with Crippen LogP contribution in [0.2, 0.25) is 0 Å². The molecule has 1 aliphatic heterocycles. The molecule has 1 unspecified atom stereocenters. The van der Waals surface area contributed by atoms with Gasteiger partial charge < -0.3 is 5.11 Å². The number of carbonyl (C=O) groups excluding carboxylic acids is 1. The van der Waals surface area contributed by atoms with Gasteiger partial charge in [-0.15, -0.1) is 0 Å². The first-order valence-corrected chi connectivity index (χ1v) is 5.98. The number of benzene rings is 1. The number of phenols is 1. The van der Waals surface area contributed by atoms with E-state index in [9.17, 15) is 9.90 Å². The first-order chi connectivity index (χ1) is 8.08. The fraction of sp³-hybridized carbons (Fsp3) is 0.462. The van der Waals surface area contributed by atoms with Crippen molar-refractivity contribution in [1.29, 1.82) is 0 Å². The van der Waals surface area contributed by atoms with Crippen molar-refractivity contribution < 1.29 is 9.90 Å². The highest BCUT2D eigenvalue weighted by atomic mass is 16.3. The number of nitrogens with one attached hydrogen (secondary N) is 1. The van der Waals surface area contributed by atoms with Gasteiger partial charge in [-0.1, -0.05) is 0 Å². The summed E-state index contributed by atoms with van der Waals surface area (Å²) in [7, 11) is 0. The molecule has 1 aromatic rings. The number of nitrogens with zero attached hydrogens (tertiary/aromatic N) is 1. The van der Waals surface area contributed by atoms with Crippen molar-refractivity contribution in [2.24, 2.45) is 5.92 Å². The number of hydrogen-bond donors (Lipinski definition) is 2. The van der Waals surface area contributed by atoms with E-state index < -0.39 is 0 Å². The van der Waals surface area contributed by atoms with Crippen LogP contribution in [0.3, 0.4) is 0 Å². The second-order valence-corrected chi connectivity index (χ2v) is 5.23. The molecule has 0 radical (unpaired) electrons. The quantitative estimate of drug-likeness (QED) is 0.817. The molecule has 1 amide bonds. The minimum Gasteiger partial charge on any atom is -0.508 e. The van der Waals surface area contributed by atoms with Gasteiger partial charge in [-0.25, -0.2) is 10.4 Å². The zero-order valence-corrected chi connectivity index (χ0v) is 9.81. The zero-order valence-electron chi connectivity index (χ0n) is 9.81. The summed E-state index contributed by atoms with van der Waals surface area (Å²) in [5, 5.41) is 10.9. The molecule has 2 fully saturated rings. The van der Waals surface area contributed by atoms with Gasteiger partial charge in [-0.05, 0) is 49.9 Å². The van der Waals surface area contributed by atoms with Gasteiger partial charge >= 0.3 is 0 Å². The first kappa shape index (κ1) is 10.6. The van der Waals surface area contributed by atoms with E-state index in [1.165, 1.54) is 12.8 Å². The summed E-state index contributed by atoms with van der Waals surface area (Å²) in [4.78, 5) is 12.0. The van der Waals surface area contributed by atoms with E-state index in [1.54, 1.807) is 29.3 Å². The fourth-order valence-electron chi connectivity index (χ4n) is 2.52. The number of anilines is 1. The first-order valence-electron chi connectivity index (χ1n) is 5.98. The predicted molar refractivity (Wildman–Crippen MR) is 64.5 cm³/mol. The average Bonchev–Trinajstić information content (AvgIpc) is 3.08. The molecule has 1 heterocycles. The standard InChI is InChI=1S/C13H16N2O2/c1-13(9-2-3-9)8-12(17)15(14-13)10-4-6-11(16)7-5-10/h4-7,9,14,16H,2-3,8H2,1H3. The van der Waals surface area contributed by atoms with E-state index in [4.69, 9.17) is 0 Å².